The van der Waals surface area contributed by atoms with Crippen LogP contribution in [0, 0.1) is 13.8 Å². The van der Waals surface area contributed by atoms with Gasteiger partial charge in [-0.3, -0.25) is 0 Å². The van der Waals surface area contributed by atoms with Gasteiger partial charge in [0.15, 0.2) is 0 Å². The van der Waals surface area contributed by atoms with Crippen LogP contribution in [0.25, 0.3) is 0 Å². The second-order valence-corrected chi connectivity index (χ2v) is 7.85. The van der Waals surface area contributed by atoms with E-state index in [1.54, 1.807) is 38.0 Å². The van der Waals surface area contributed by atoms with Crippen LogP contribution in [0.15, 0.2) is 17.0 Å². The van der Waals surface area contributed by atoms with Crippen molar-refractivity contribution in [3.05, 3.63) is 23.3 Å². The Kier molecular flexibility index (Phi) is 6.29. The number of benzene rings is 1. The highest BCUT2D eigenvalue weighted by Crippen LogP contribution is 2.26. The largest absolute Gasteiger partial charge is 0.496 e. The zero-order chi connectivity index (χ0) is 18.6. The Morgan fingerprint density at radius 1 is 1.24 bits per heavy atom. The molecule has 1 amide bonds. The van der Waals surface area contributed by atoms with E-state index in [1.165, 1.54) is 0 Å². The quantitative estimate of drug-likeness (QED) is 0.859. The van der Waals surface area contributed by atoms with Crippen LogP contribution in [-0.4, -0.2) is 52.3 Å². The number of amides is 1. The van der Waals surface area contributed by atoms with Crippen molar-refractivity contribution in [1.82, 2.24) is 9.62 Å². The Hall–Kier alpha value is -1.80. The Balaban J connectivity index is 2.06. The Bertz CT molecular complexity index is 725. The summed E-state index contributed by atoms with van der Waals surface area (Å²) in [6.45, 7) is 6.62. The first-order valence-corrected chi connectivity index (χ1v) is 9.86. The van der Waals surface area contributed by atoms with E-state index in [0.29, 0.717) is 43.9 Å². The predicted octanol–water partition coefficient (Wildman–Crippen LogP) is 2.21. The number of methoxy groups -OCH3 is 1. The van der Waals surface area contributed by atoms with Crippen LogP contribution in [0.5, 0.6) is 5.75 Å². The van der Waals surface area contributed by atoms with Gasteiger partial charge in [-0.05, 0) is 56.9 Å². The molecule has 0 unspecified atom stereocenters. The van der Waals surface area contributed by atoms with Crippen LogP contribution in [0.1, 0.15) is 30.9 Å². The number of sulfonamides is 1. The Morgan fingerprint density at radius 3 is 2.44 bits per heavy atom. The minimum Gasteiger partial charge on any atom is -0.496 e. The number of nitrogens with zero attached hydrogens (tertiary/aromatic N) is 1. The second-order valence-electron chi connectivity index (χ2n) is 6.17. The number of carbonyl (C=O) groups is 1. The van der Waals surface area contributed by atoms with Crippen LogP contribution in [-0.2, 0) is 14.8 Å². The molecule has 1 heterocycles. The summed E-state index contributed by atoms with van der Waals surface area (Å²) >= 11 is 0. The zero-order valence-corrected chi connectivity index (χ0v) is 16.0. The maximum atomic E-state index is 12.7. The van der Waals surface area contributed by atoms with Gasteiger partial charge in [0.25, 0.3) is 0 Å². The normalized spacial score (nSPS) is 15.9. The SMILES string of the molecule is CCOC(=O)N1CCC(NS(=O)(=O)c2cc(C)c(OC)cc2C)CC1. The molecule has 1 aliphatic heterocycles. The maximum Gasteiger partial charge on any atom is 0.409 e. The zero-order valence-electron chi connectivity index (χ0n) is 15.2. The van der Waals surface area contributed by atoms with Crippen molar-refractivity contribution in [2.45, 2.75) is 44.6 Å². The third-order valence-corrected chi connectivity index (χ3v) is 5.99. The lowest BCUT2D eigenvalue weighted by atomic mass is 10.1. The van der Waals surface area contributed by atoms with Gasteiger partial charge in [0.1, 0.15) is 5.75 Å². The van der Waals surface area contributed by atoms with Gasteiger partial charge < -0.3 is 14.4 Å². The minimum atomic E-state index is -3.63. The van der Waals surface area contributed by atoms with Crippen molar-refractivity contribution >= 4 is 16.1 Å². The van der Waals surface area contributed by atoms with Crippen LogP contribution in [0.2, 0.25) is 0 Å². The number of aryl methyl sites for hydroxylation is 2. The van der Waals surface area contributed by atoms with E-state index < -0.39 is 10.0 Å². The fourth-order valence-electron chi connectivity index (χ4n) is 2.95. The topological polar surface area (TPSA) is 84.9 Å². The second kappa shape index (κ2) is 8.05. The van der Waals surface area contributed by atoms with E-state index in [4.69, 9.17) is 9.47 Å². The van der Waals surface area contributed by atoms with Crippen LogP contribution >= 0.6 is 0 Å². The third kappa shape index (κ3) is 4.64. The van der Waals surface area contributed by atoms with Gasteiger partial charge >= 0.3 is 6.09 Å². The van der Waals surface area contributed by atoms with Crippen LogP contribution in [0.3, 0.4) is 0 Å². The van der Waals surface area contributed by atoms with Gasteiger partial charge in [-0.25, -0.2) is 17.9 Å². The first-order chi connectivity index (χ1) is 11.8. The van der Waals surface area contributed by atoms with Crippen molar-refractivity contribution in [1.29, 1.82) is 0 Å². The molecule has 0 aromatic heterocycles. The average molecular weight is 370 g/mol. The summed E-state index contributed by atoms with van der Waals surface area (Å²) in [4.78, 5) is 13.6. The lowest BCUT2D eigenvalue weighted by Gasteiger charge is -2.31. The monoisotopic (exact) mass is 370 g/mol. The molecule has 0 atom stereocenters. The summed E-state index contributed by atoms with van der Waals surface area (Å²) in [6.07, 6.45) is 0.781. The molecule has 2 rings (SSSR count). The number of piperidine rings is 1. The molecule has 0 bridgehead atoms. The van der Waals surface area contributed by atoms with Gasteiger partial charge in [0, 0.05) is 19.1 Å². The third-order valence-electron chi connectivity index (χ3n) is 4.32. The molecule has 7 nitrogen and oxygen atoms in total. The smallest absolute Gasteiger partial charge is 0.409 e. The van der Waals surface area contributed by atoms with Crippen LogP contribution < -0.4 is 9.46 Å². The molecule has 25 heavy (non-hydrogen) atoms. The molecule has 1 aliphatic rings. The standard InChI is InChI=1S/C17H26N2O5S/c1-5-24-17(20)19-8-6-14(7-9-19)18-25(21,22)16-11-12(2)15(23-4)10-13(16)3/h10-11,14,18H,5-9H2,1-4H3. The molecule has 0 aliphatic carbocycles. The molecule has 1 aromatic rings. The van der Waals surface area contributed by atoms with Gasteiger partial charge in [-0.1, -0.05) is 0 Å². The number of rotatable bonds is 5. The first-order valence-electron chi connectivity index (χ1n) is 8.37. The number of carbonyl (C=O) groups excluding carboxylic acids is 1. The molecule has 1 fully saturated rings. The molecule has 8 heteroatoms. The highest BCUT2D eigenvalue weighted by Gasteiger charge is 2.28. The molecule has 1 saturated heterocycles. The fraction of sp³-hybridized carbons (Fsp3) is 0.588. The Labute approximate surface area is 149 Å². The number of hydrogen-bond acceptors (Lipinski definition) is 5. The predicted molar refractivity (Wildman–Crippen MR) is 94.4 cm³/mol. The fourth-order valence-corrected chi connectivity index (χ4v) is 4.57. The number of hydrogen-bond donors (Lipinski definition) is 1. The number of nitrogens with one attached hydrogen (secondary N) is 1. The molecule has 1 N–H and O–H groups in total. The summed E-state index contributed by atoms with van der Waals surface area (Å²) in [5.74, 6) is 0.666. The molecule has 140 valence electrons. The van der Waals surface area contributed by atoms with E-state index in [2.05, 4.69) is 4.72 Å². The lowest BCUT2D eigenvalue weighted by Crippen LogP contribution is -2.46. The molecule has 0 saturated carbocycles. The van der Waals surface area contributed by atoms with Crippen molar-refractivity contribution in [2.24, 2.45) is 0 Å². The highest BCUT2D eigenvalue weighted by molar-refractivity contribution is 7.89. The van der Waals surface area contributed by atoms with Crippen molar-refractivity contribution in [3.8, 4) is 5.75 Å². The van der Waals surface area contributed by atoms with Crippen molar-refractivity contribution in [3.63, 3.8) is 0 Å². The summed E-state index contributed by atoms with van der Waals surface area (Å²) in [5.41, 5.74) is 1.41. The van der Waals surface area contributed by atoms with E-state index >= 15 is 0 Å². The highest BCUT2D eigenvalue weighted by atomic mass is 32.2. The summed E-state index contributed by atoms with van der Waals surface area (Å²) in [6, 6.07) is 3.16. The van der Waals surface area contributed by atoms with E-state index in [0.717, 1.165) is 5.56 Å². The van der Waals surface area contributed by atoms with E-state index in [9.17, 15) is 13.2 Å². The summed E-state index contributed by atoms with van der Waals surface area (Å²) < 4.78 is 38.4. The van der Waals surface area contributed by atoms with Gasteiger partial charge in [-0.2, -0.15) is 0 Å². The lowest BCUT2D eigenvalue weighted by molar-refractivity contribution is 0.0966. The van der Waals surface area contributed by atoms with Gasteiger partial charge in [0.05, 0.1) is 18.6 Å². The van der Waals surface area contributed by atoms with E-state index in [1.807, 2.05) is 6.92 Å². The molecule has 1 aromatic carbocycles. The van der Waals surface area contributed by atoms with Gasteiger partial charge in [-0.15, -0.1) is 0 Å². The average Bonchev–Trinajstić information content (AvgIpc) is 2.57. The van der Waals surface area contributed by atoms with Crippen molar-refractivity contribution < 1.29 is 22.7 Å². The minimum absolute atomic E-state index is 0.197. The van der Waals surface area contributed by atoms with E-state index in [-0.39, 0.29) is 17.0 Å². The molecular formula is C17H26N2O5S. The number of likely N-dealkylation sites (tertiary alicyclic amines) is 1. The maximum absolute atomic E-state index is 12.7. The summed E-state index contributed by atoms with van der Waals surface area (Å²) in [5, 5.41) is 0. The number of ether oxygens (including phenoxy) is 2. The van der Waals surface area contributed by atoms with Gasteiger partial charge in [0.2, 0.25) is 10.0 Å². The van der Waals surface area contributed by atoms with Crippen molar-refractivity contribution in [2.75, 3.05) is 26.8 Å². The molecule has 0 radical (unpaired) electrons. The Morgan fingerprint density at radius 2 is 1.88 bits per heavy atom. The molecule has 0 spiro atoms. The molecular weight excluding hydrogens is 344 g/mol. The van der Waals surface area contributed by atoms with Crippen LogP contribution in [0.4, 0.5) is 4.79 Å². The first kappa shape index (κ1) is 19.5. The summed E-state index contributed by atoms with van der Waals surface area (Å²) in [7, 11) is -2.07.